The van der Waals surface area contributed by atoms with Gasteiger partial charge >= 0.3 is 6.18 Å². The quantitative estimate of drug-likeness (QED) is 0.658. The molecular weight excluding hydrogens is 415 g/mol. The van der Waals surface area contributed by atoms with Crippen LogP contribution in [0.2, 0.25) is 0 Å². The highest BCUT2D eigenvalue weighted by Gasteiger charge is 2.41. The van der Waals surface area contributed by atoms with Crippen molar-refractivity contribution in [2.75, 3.05) is 26.3 Å². The van der Waals surface area contributed by atoms with E-state index in [0.29, 0.717) is 26.3 Å². The van der Waals surface area contributed by atoms with Crippen LogP contribution in [0.4, 0.5) is 13.2 Å². The van der Waals surface area contributed by atoms with Gasteiger partial charge in [0.2, 0.25) is 11.2 Å². The SMILES string of the molecule is Cc1cccc(Oc2c(C(F)(F)F)oc3c(C[NH+]4CCOCC4)c(O)ccc3c2=O)c1. The average Bonchev–Trinajstić information content (AvgIpc) is 2.72. The summed E-state index contributed by atoms with van der Waals surface area (Å²) >= 11 is 0. The van der Waals surface area contributed by atoms with Crippen LogP contribution in [-0.4, -0.2) is 31.4 Å². The first-order valence-electron chi connectivity index (χ1n) is 9.78. The number of quaternary nitrogens is 1. The van der Waals surface area contributed by atoms with Crippen molar-refractivity contribution in [2.24, 2.45) is 0 Å². The van der Waals surface area contributed by atoms with E-state index in [9.17, 15) is 23.1 Å². The van der Waals surface area contributed by atoms with E-state index in [0.717, 1.165) is 10.5 Å². The molecule has 0 radical (unpaired) electrons. The lowest BCUT2D eigenvalue weighted by Crippen LogP contribution is -3.12. The minimum atomic E-state index is -4.97. The Bertz CT molecular complexity index is 1170. The summed E-state index contributed by atoms with van der Waals surface area (Å²) in [7, 11) is 0. The van der Waals surface area contributed by atoms with Crippen LogP contribution in [0.3, 0.4) is 0 Å². The smallest absolute Gasteiger partial charge is 0.453 e. The third kappa shape index (κ3) is 4.38. The van der Waals surface area contributed by atoms with Gasteiger partial charge in [-0.1, -0.05) is 12.1 Å². The number of fused-ring (bicyclic) bond motifs is 1. The summed E-state index contributed by atoms with van der Waals surface area (Å²) in [6.45, 7) is 4.22. The lowest BCUT2D eigenvalue weighted by Gasteiger charge is -2.24. The Morgan fingerprint density at radius 2 is 1.90 bits per heavy atom. The van der Waals surface area contributed by atoms with Crippen LogP contribution in [0.25, 0.3) is 11.0 Å². The van der Waals surface area contributed by atoms with E-state index >= 15 is 0 Å². The molecule has 164 valence electrons. The first-order chi connectivity index (χ1) is 14.7. The zero-order valence-corrected chi connectivity index (χ0v) is 16.7. The number of benzene rings is 2. The molecule has 9 heteroatoms. The van der Waals surface area contributed by atoms with E-state index in [-0.39, 0.29) is 34.6 Å². The third-order valence-electron chi connectivity index (χ3n) is 5.19. The summed E-state index contributed by atoms with van der Waals surface area (Å²) in [4.78, 5) is 14.1. The predicted molar refractivity (Wildman–Crippen MR) is 106 cm³/mol. The molecule has 0 spiro atoms. The summed E-state index contributed by atoms with van der Waals surface area (Å²) in [5.74, 6) is -2.60. The van der Waals surface area contributed by atoms with Gasteiger partial charge in [-0.2, -0.15) is 13.2 Å². The largest absolute Gasteiger partial charge is 0.507 e. The van der Waals surface area contributed by atoms with Crippen LogP contribution in [0.1, 0.15) is 16.9 Å². The van der Waals surface area contributed by atoms with Crippen LogP contribution in [0.15, 0.2) is 45.6 Å². The number of hydrogen-bond donors (Lipinski definition) is 2. The van der Waals surface area contributed by atoms with Crippen molar-refractivity contribution >= 4 is 11.0 Å². The first kappa shape index (κ1) is 21.2. The van der Waals surface area contributed by atoms with E-state index in [2.05, 4.69) is 0 Å². The minimum Gasteiger partial charge on any atom is -0.507 e. The second kappa shape index (κ2) is 8.24. The number of aromatic hydroxyl groups is 1. The molecule has 0 amide bonds. The fourth-order valence-electron chi connectivity index (χ4n) is 3.62. The maximum absolute atomic E-state index is 13.8. The number of ether oxygens (including phenoxy) is 2. The predicted octanol–water partition coefficient (Wildman–Crippen LogP) is 3.03. The van der Waals surface area contributed by atoms with Crippen LogP contribution in [0.5, 0.6) is 17.2 Å². The lowest BCUT2D eigenvalue weighted by molar-refractivity contribution is -0.921. The molecule has 0 aliphatic carbocycles. The molecule has 3 aromatic rings. The van der Waals surface area contributed by atoms with Gasteiger partial charge in [0, 0.05) is 0 Å². The van der Waals surface area contributed by atoms with Gasteiger partial charge in [-0.3, -0.25) is 4.79 Å². The van der Waals surface area contributed by atoms with Gasteiger partial charge in [0.25, 0.3) is 5.76 Å². The van der Waals surface area contributed by atoms with Gasteiger partial charge < -0.3 is 23.9 Å². The molecule has 1 aliphatic rings. The van der Waals surface area contributed by atoms with Crippen LogP contribution in [0, 0.1) is 6.92 Å². The van der Waals surface area contributed by atoms with Crippen LogP contribution in [-0.2, 0) is 17.5 Å². The van der Waals surface area contributed by atoms with Crippen molar-refractivity contribution in [3.63, 3.8) is 0 Å². The van der Waals surface area contributed by atoms with Crippen LogP contribution >= 0.6 is 0 Å². The molecule has 1 aromatic heterocycles. The lowest BCUT2D eigenvalue weighted by atomic mass is 10.1. The zero-order valence-electron chi connectivity index (χ0n) is 16.7. The van der Waals surface area contributed by atoms with Gasteiger partial charge in [-0.05, 0) is 36.8 Å². The summed E-state index contributed by atoms with van der Waals surface area (Å²) in [6.07, 6.45) is -4.97. The first-order valence-corrected chi connectivity index (χ1v) is 9.78. The molecule has 0 saturated carbocycles. The molecule has 1 fully saturated rings. The summed E-state index contributed by atoms with van der Waals surface area (Å²) in [6, 6.07) is 8.88. The standard InChI is InChI=1S/C22H20F3NO5/c1-13-3-2-4-14(11-13)30-20-18(28)15-5-6-17(27)16(12-26-7-9-29-10-8-26)19(15)31-21(20)22(23,24)25/h2-6,11,27H,7-10,12H2,1H3/p+1. The van der Waals surface area contributed by atoms with Gasteiger partial charge in [-0.25, -0.2) is 0 Å². The number of alkyl halides is 3. The fraction of sp³-hybridized carbons (Fsp3) is 0.318. The summed E-state index contributed by atoms with van der Waals surface area (Å²) < 4.78 is 57.4. The topological polar surface area (TPSA) is 73.3 Å². The number of phenols is 1. The summed E-state index contributed by atoms with van der Waals surface area (Å²) in [5, 5.41) is 10.3. The normalized spacial score (nSPS) is 15.4. The number of halogens is 3. The molecule has 2 N–H and O–H groups in total. The highest BCUT2D eigenvalue weighted by atomic mass is 19.4. The van der Waals surface area contributed by atoms with E-state index < -0.39 is 23.1 Å². The average molecular weight is 436 g/mol. The molecule has 2 aromatic carbocycles. The van der Waals surface area contributed by atoms with E-state index in [4.69, 9.17) is 13.9 Å². The van der Waals surface area contributed by atoms with Gasteiger partial charge in [0.15, 0.2) is 5.58 Å². The van der Waals surface area contributed by atoms with E-state index in [1.807, 2.05) is 0 Å². The maximum Gasteiger partial charge on any atom is 0.453 e. The Morgan fingerprint density at radius 3 is 2.58 bits per heavy atom. The molecule has 0 unspecified atom stereocenters. The minimum absolute atomic E-state index is 0.0869. The second-order valence-electron chi connectivity index (χ2n) is 7.48. The van der Waals surface area contributed by atoms with Crippen molar-refractivity contribution in [1.29, 1.82) is 0 Å². The summed E-state index contributed by atoms with van der Waals surface area (Å²) in [5.41, 5.74) is -0.322. The molecule has 1 aliphatic heterocycles. The monoisotopic (exact) mass is 436 g/mol. The Morgan fingerprint density at radius 1 is 1.16 bits per heavy atom. The van der Waals surface area contributed by atoms with Crippen LogP contribution < -0.4 is 15.1 Å². The van der Waals surface area contributed by atoms with Crippen molar-refractivity contribution in [3.05, 3.63) is 63.5 Å². The molecule has 2 heterocycles. The van der Waals surface area contributed by atoms with E-state index in [1.54, 1.807) is 19.1 Å². The number of morpholine rings is 1. The van der Waals surface area contributed by atoms with Crippen molar-refractivity contribution in [3.8, 4) is 17.2 Å². The Kier molecular flexibility index (Phi) is 5.63. The Balaban J connectivity index is 1.88. The molecule has 0 atom stereocenters. The van der Waals surface area contributed by atoms with Crippen molar-refractivity contribution in [1.82, 2.24) is 0 Å². The molecule has 4 rings (SSSR count). The van der Waals surface area contributed by atoms with Gasteiger partial charge in [0.05, 0.1) is 24.2 Å². The highest BCUT2D eigenvalue weighted by Crippen LogP contribution is 2.39. The van der Waals surface area contributed by atoms with E-state index in [1.165, 1.54) is 24.3 Å². The molecular formula is C22H21F3NO5+. The number of hydrogen-bond acceptors (Lipinski definition) is 5. The number of rotatable bonds is 4. The fourth-order valence-corrected chi connectivity index (χ4v) is 3.62. The second-order valence-corrected chi connectivity index (χ2v) is 7.48. The third-order valence-corrected chi connectivity index (χ3v) is 5.19. The number of aryl methyl sites for hydroxylation is 1. The Hall–Kier alpha value is -3.04. The molecule has 1 saturated heterocycles. The van der Waals surface area contributed by atoms with Gasteiger partial charge in [-0.15, -0.1) is 0 Å². The number of phenolic OH excluding ortho intramolecular Hbond substituents is 1. The van der Waals surface area contributed by atoms with Gasteiger partial charge in [0.1, 0.15) is 31.1 Å². The number of nitrogens with one attached hydrogen (secondary N) is 1. The maximum atomic E-state index is 13.8. The Labute approximate surface area is 175 Å². The van der Waals surface area contributed by atoms with Crippen molar-refractivity contribution in [2.45, 2.75) is 19.6 Å². The molecule has 0 bridgehead atoms. The highest BCUT2D eigenvalue weighted by molar-refractivity contribution is 5.83. The van der Waals surface area contributed by atoms with Crippen molar-refractivity contribution < 1.29 is 37.1 Å². The zero-order chi connectivity index (χ0) is 22.2. The molecule has 31 heavy (non-hydrogen) atoms. The molecule has 6 nitrogen and oxygen atoms in total.